The molecule has 1 aliphatic heterocycles. The van der Waals surface area contributed by atoms with Crippen molar-refractivity contribution in [1.29, 1.82) is 0 Å². The van der Waals surface area contributed by atoms with Crippen molar-refractivity contribution in [2.24, 2.45) is 0 Å². The fourth-order valence-corrected chi connectivity index (χ4v) is 1.35. The van der Waals surface area contributed by atoms with Crippen molar-refractivity contribution < 1.29 is 44.9 Å². The number of aliphatic hydroxyl groups is 6. The number of rotatable bonds is 3. The lowest BCUT2D eigenvalue weighted by Crippen LogP contribution is -2.66. The second-order valence-electron chi connectivity index (χ2n) is 3.56. The van der Waals surface area contributed by atoms with Crippen molar-refractivity contribution in [3.8, 4) is 0 Å². The number of aliphatic hydroxyl groups excluding tert-OH is 5. The molecule has 0 radical (unpaired) electrons. The van der Waals surface area contributed by atoms with Crippen molar-refractivity contribution in [3.05, 3.63) is 0 Å². The Morgan fingerprint density at radius 2 is 1.82 bits per heavy atom. The molecule has 5 atom stereocenters. The van der Waals surface area contributed by atoms with Gasteiger partial charge in [0.1, 0.15) is 24.9 Å². The van der Waals surface area contributed by atoms with E-state index >= 15 is 0 Å². The highest BCUT2D eigenvalue weighted by Gasteiger charge is 2.53. The van der Waals surface area contributed by atoms with E-state index in [1.54, 1.807) is 0 Å². The van der Waals surface area contributed by atoms with E-state index in [1.807, 2.05) is 0 Å². The predicted molar refractivity (Wildman–Crippen MR) is 48.1 cm³/mol. The first-order chi connectivity index (χ1) is 7.85. The standard InChI is InChI=1S/C8H14O9/c9-1-3(11)16-7-5(13)4(12)6(14)8(15,2-10)17-7/h4-7,9-10,12-15H,1-2H2/t4-,5+,6+,7?,8+/m1/s1. The predicted octanol–water partition coefficient (Wildman–Crippen LogP) is -4.36. The van der Waals surface area contributed by atoms with Gasteiger partial charge in [0.05, 0.1) is 6.61 Å². The quantitative estimate of drug-likeness (QED) is 0.274. The van der Waals surface area contributed by atoms with Crippen LogP contribution in [0.4, 0.5) is 0 Å². The molecule has 0 bridgehead atoms. The molecule has 9 heteroatoms. The number of ether oxygens (including phenoxy) is 2. The molecule has 0 amide bonds. The fourth-order valence-electron chi connectivity index (χ4n) is 1.35. The van der Waals surface area contributed by atoms with Crippen LogP contribution in [-0.2, 0) is 14.3 Å². The fraction of sp³-hybridized carbons (Fsp3) is 0.875. The summed E-state index contributed by atoms with van der Waals surface area (Å²) < 4.78 is 8.95. The third-order valence-electron chi connectivity index (χ3n) is 2.34. The average molecular weight is 254 g/mol. The minimum Gasteiger partial charge on any atom is -0.431 e. The van der Waals surface area contributed by atoms with E-state index in [-0.39, 0.29) is 0 Å². The van der Waals surface area contributed by atoms with Gasteiger partial charge in [0.2, 0.25) is 12.1 Å². The van der Waals surface area contributed by atoms with Gasteiger partial charge in [-0.25, -0.2) is 4.79 Å². The van der Waals surface area contributed by atoms with Crippen molar-refractivity contribution >= 4 is 5.97 Å². The minimum absolute atomic E-state index is 0.997. The van der Waals surface area contributed by atoms with Crippen molar-refractivity contribution in [2.45, 2.75) is 30.4 Å². The Morgan fingerprint density at radius 1 is 1.24 bits per heavy atom. The van der Waals surface area contributed by atoms with Crippen LogP contribution in [0.2, 0.25) is 0 Å². The second-order valence-corrected chi connectivity index (χ2v) is 3.56. The topological polar surface area (TPSA) is 157 Å². The Morgan fingerprint density at radius 3 is 2.29 bits per heavy atom. The van der Waals surface area contributed by atoms with Crippen LogP contribution in [0.15, 0.2) is 0 Å². The van der Waals surface area contributed by atoms with E-state index in [2.05, 4.69) is 9.47 Å². The summed E-state index contributed by atoms with van der Waals surface area (Å²) in [6, 6.07) is 0. The van der Waals surface area contributed by atoms with Crippen LogP contribution in [0.5, 0.6) is 0 Å². The molecule has 17 heavy (non-hydrogen) atoms. The van der Waals surface area contributed by atoms with Gasteiger partial charge in [-0.15, -0.1) is 0 Å². The third-order valence-corrected chi connectivity index (χ3v) is 2.34. The molecular weight excluding hydrogens is 240 g/mol. The summed E-state index contributed by atoms with van der Waals surface area (Å²) in [6.07, 6.45) is -7.51. The average Bonchev–Trinajstić information content (AvgIpc) is 2.33. The van der Waals surface area contributed by atoms with Gasteiger partial charge in [-0.1, -0.05) is 0 Å². The molecule has 0 aromatic heterocycles. The highest BCUT2D eigenvalue weighted by Crippen LogP contribution is 2.28. The molecule has 0 aromatic carbocycles. The molecule has 6 N–H and O–H groups in total. The van der Waals surface area contributed by atoms with Crippen LogP contribution >= 0.6 is 0 Å². The van der Waals surface area contributed by atoms with Gasteiger partial charge in [-0.2, -0.15) is 0 Å². The van der Waals surface area contributed by atoms with E-state index in [4.69, 9.17) is 10.2 Å². The monoisotopic (exact) mass is 254 g/mol. The van der Waals surface area contributed by atoms with Gasteiger partial charge in [0.25, 0.3) is 0 Å². The van der Waals surface area contributed by atoms with E-state index < -0.39 is 49.6 Å². The molecular formula is C8H14O9. The zero-order valence-corrected chi connectivity index (χ0v) is 8.63. The maximum absolute atomic E-state index is 10.8. The Kier molecular flexibility index (Phi) is 4.38. The molecule has 1 fully saturated rings. The van der Waals surface area contributed by atoms with Crippen LogP contribution in [0.3, 0.4) is 0 Å². The Balaban J connectivity index is 2.82. The van der Waals surface area contributed by atoms with E-state index in [0.29, 0.717) is 0 Å². The smallest absolute Gasteiger partial charge is 0.334 e. The second kappa shape index (κ2) is 5.23. The number of esters is 1. The summed E-state index contributed by atoms with van der Waals surface area (Å²) in [7, 11) is 0. The highest BCUT2D eigenvalue weighted by molar-refractivity contribution is 5.70. The molecule has 0 spiro atoms. The van der Waals surface area contributed by atoms with Crippen molar-refractivity contribution in [2.75, 3.05) is 13.2 Å². The maximum Gasteiger partial charge on any atom is 0.334 e. The lowest BCUT2D eigenvalue weighted by Gasteiger charge is -2.43. The first-order valence-electron chi connectivity index (χ1n) is 4.71. The van der Waals surface area contributed by atoms with Crippen LogP contribution in [0, 0.1) is 0 Å². The Hall–Kier alpha value is -0.810. The Bertz CT molecular complexity index is 282. The zero-order valence-electron chi connectivity index (χ0n) is 8.63. The molecule has 1 unspecified atom stereocenters. The molecule has 9 nitrogen and oxygen atoms in total. The van der Waals surface area contributed by atoms with Crippen LogP contribution < -0.4 is 0 Å². The summed E-state index contributed by atoms with van der Waals surface area (Å²) in [6.45, 7) is -2.09. The SMILES string of the molecule is O=C(CO)OC1O[C@@](O)(CO)[C@@H](O)[C@H](O)[C@@H]1O. The minimum atomic E-state index is -2.57. The molecule has 1 saturated heterocycles. The maximum atomic E-state index is 10.8. The molecule has 1 aliphatic rings. The molecule has 1 heterocycles. The van der Waals surface area contributed by atoms with Gasteiger partial charge >= 0.3 is 5.97 Å². The lowest BCUT2D eigenvalue weighted by atomic mass is 9.96. The summed E-state index contributed by atoms with van der Waals surface area (Å²) >= 11 is 0. The van der Waals surface area contributed by atoms with Gasteiger partial charge in [0, 0.05) is 0 Å². The number of hydrogen-bond acceptors (Lipinski definition) is 9. The van der Waals surface area contributed by atoms with E-state index in [0.717, 1.165) is 0 Å². The summed E-state index contributed by atoms with van der Waals surface area (Å²) in [5, 5.41) is 54.9. The van der Waals surface area contributed by atoms with Crippen LogP contribution in [-0.4, -0.2) is 80.2 Å². The molecule has 0 aliphatic carbocycles. The normalized spacial score (nSPS) is 42.2. The number of carbonyl (C=O) groups is 1. The van der Waals surface area contributed by atoms with Gasteiger partial charge < -0.3 is 40.1 Å². The molecule has 0 aromatic rings. The summed E-state index contributed by atoms with van der Waals surface area (Å²) in [5.41, 5.74) is 0. The molecule has 0 saturated carbocycles. The Labute approximate surface area is 95.4 Å². The van der Waals surface area contributed by atoms with Gasteiger partial charge in [-0.3, -0.25) is 0 Å². The van der Waals surface area contributed by atoms with Crippen molar-refractivity contribution in [1.82, 2.24) is 0 Å². The van der Waals surface area contributed by atoms with Gasteiger partial charge in [-0.05, 0) is 0 Å². The molecule has 100 valence electrons. The number of hydrogen-bond donors (Lipinski definition) is 6. The van der Waals surface area contributed by atoms with Crippen LogP contribution in [0.1, 0.15) is 0 Å². The van der Waals surface area contributed by atoms with Gasteiger partial charge in [0.15, 0.2) is 0 Å². The number of carbonyl (C=O) groups excluding carboxylic acids is 1. The summed E-state index contributed by atoms with van der Waals surface area (Å²) in [5.74, 6) is -3.74. The zero-order chi connectivity index (χ0) is 13.2. The highest BCUT2D eigenvalue weighted by atomic mass is 16.8. The first-order valence-corrected chi connectivity index (χ1v) is 4.71. The van der Waals surface area contributed by atoms with E-state index in [9.17, 15) is 25.2 Å². The van der Waals surface area contributed by atoms with Crippen LogP contribution in [0.25, 0.3) is 0 Å². The summed E-state index contributed by atoms with van der Waals surface area (Å²) in [4.78, 5) is 10.8. The molecule has 1 rings (SSSR count). The first kappa shape index (κ1) is 14.3. The third kappa shape index (κ3) is 2.72. The lowest BCUT2D eigenvalue weighted by molar-refractivity contribution is -0.390. The largest absolute Gasteiger partial charge is 0.431 e. The van der Waals surface area contributed by atoms with E-state index in [1.165, 1.54) is 0 Å². The van der Waals surface area contributed by atoms with Crippen molar-refractivity contribution in [3.63, 3.8) is 0 Å².